The number of carbonyl (C=O) groups excluding carboxylic acids is 1. The van der Waals surface area contributed by atoms with Gasteiger partial charge in [0.25, 0.3) is 0 Å². The second kappa shape index (κ2) is 7.12. The first-order valence-corrected chi connectivity index (χ1v) is 4.93. The zero-order valence-corrected chi connectivity index (χ0v) is 8.99. The highest BCUT2D eigenvalue weighted by atomic mass is 16.1. The van der Waals surface area contributed by atoms with Crippen LogP contribution in [0.4, 0.5) is 0 Å². The summed E-state index contributed by atoms with van der Waals surface area (Å²) in [4.78, 5) is 8.00. The fraction of sp³-hybridized carbons (Fsp3) is 0. The van der Waals surface area contributed by atoms with E-state index in [2.05, 4.69) is 18.2 Å². The summed E-state index contributed by atoms with van der Waals surface area (Å²) in [6, 6.07) is 16.3. The van der Waals surface area contributed by atoms with Crippen LogP contribution < -0.4 is 4.57 Å². The number of rotatable bonds is 2. The summed E-state index contributed by atoms with van der Waals surface area (Å²) in [5.41, 5.74) is 1.21. The molecule has 1 heterocycles. The van der Waals surface area contributed by atoms with Crippen LogP contribution in [0.25, 0.3) is 12.3 Å². The molecule has 80 valence electrons. The van der Waals surface area contributed by atoms with Crippen molar-refractivity contribution in [3.63, 3.8) is 0 Å². The molecular formula is C14H14NO+. The SMILES string of the molecule is C(=C[n+]1ccccc1)c1ccccc1.C=O. The van der Waals surface area contributed by atoms with Crippen LogP contribution >= 0.6 is 0 Å². The van der Waals surface area contributed by atoms with Crippen molar-refractivity contribution in [3.8, 4) is 0 Å². The third-order valence-electron chi connectivity index (χ3n) is 1.98. The molecule has 0 bridgehead atoms. The van der Waals surface area contributed by atoms with E-state index in [1.165, 1.54) is 5.56 Å². The zero-order valence-electron chi connectivity index (χ0n) is 8.99. The molecule has 16 heavy (non-hydrogen) atoms. The second-order valence-electron chi connectivity index (χ2n) is 3.05. The average Bonchev–Trinajstić information content (AvgIpc) is 2.41. The first kappa shape index (κ1) is 11.9. The Morgan fingerprint density at radius 1 is 0.875 bits per heavy atom. The molecule has 0 saturated carbocycles. The molecule has 2 nitrogen and oxygen atoms in total. The van der Waals surface area contributed by atoms with Gasteiger partial charge < -0.3 is 4.79 Å². The fourth-order valence-electron chi connectivity index (χ4n) is 1.25. The first-order chi connectivity index (χ1) is 7.95. The Morgan fingerprint density at radius 3 is 2.06 bits per heavy atom. The number of benzene rings is 1. The molecule has 1 aromatic carbocycles. The smallest absolute Gasteiger partial charge is 0.175 e. The summed E-state index contributed by atoms with van der Waals surface area (Å²) >= 11 is 0. The van der Waals surface area contributed by atoms with Gasteiger partial charge in [0, 0.05) is 18.2 Å². The fourth-order valence-corrected chi connectivity index (χ4v) is 1.25. The Hall–Kier alpha value is -2.22. The van der Waals surface area contributed by atoms with Crippen molar-refractivity contribution < 1.29 is 9.36 Å². The van der Waals surface area contributed by atoms with E-state index in [4.69, 9.17) is 4.79 Å². The molecule has 1 aromatic heterocycles. The van der Waals surface area contributed by atoms with Gasteiger partial charge in [-0.15, -0.1) is 0 Å². The highest BCUT2D eigenvalue weighted by Gasteiger charge is 1.89. The van der Waals surface area contributed by atoms with E-state index in [1.807, 2.05) is 66.3 Å². The van der Waals surface area contributed by atoms with E-state index < -0.39 is 0 Å². The van der Waals surface area contributed by atoms with Crippen molar-refractivity contribution in [2.24, 2.45) is 0 Å². The van der Waals surface area contributed by atoms with E-state index >= 15 is 0 Å². The minimum absolute atomic E-state index is 1.21. The Labute approximate surface area is 95.5 Å². The summed E-state index contributed by atoms with van der Waals surface area (Å²) in [6.07, 6.45) is 8.15. The van der Waals surface area contributed by atoms with Crippen molar-refractivity contribution in [1.29, 1.82) is 0 Å². The van der Waals surface area contributed by atoms with E-state index in [1.54, 1.807) is 0 Å². The highest BCUT2D eigenvalue weighted by molar-refractivity contribution is 5.56. The van der Waals surface area contributed by atoms with Crippen molar-refractivity contribution in [1.82, 2.24) is 0 Å². The van der Waals surface area contributed by atoms with E-state index in [0.29, 0.717) is 0 Å². The monoisotopic (exact) mass is 212 g/mol. The molecule has 0 N–H and O–H groups in total. The van der Waals surface area contributed by atoms with Crippen LogP contribution in [-0.4, -0.2) is 6.79 Å². The zero-order chi connectivity index (χ0) is 11.6. The predicted molar refractivity (Wildman–Crippen MR) is 65.4 cm³/mol. The lowest BCUT2D eigenvalue weighted by Crippen LogP contribution is -2.23. The quantitative estimate of drug-likeness (QED) is 0.700. The van der Waals surface area contributed by atoms with Crippen LogP contribution in [0.3, 0.4) is 0 Å². The molecule has 0 fully saturated rings. The molecular weight excluding hydrogens is 198 g/mol. The summed E-state index contributed by atoms with van der Waals surface area (Å²) < 4.78 is 2.02. The largest absolute Gasteiger partial charge is 0.307 e. The molecule has 2 rings (SSSR count). The van der Waals surface area contributed by atoms with Gasteiger partial charge in [-0.1, -0.05) is 36.4 Å². The number of nitrogens with zero attached hydrogens (tertiary/aromatic N) is 1. The molecule has 0 saturated heterocycles. The third kappa shape index (κ3) is 3.88. The molecule has 0 aliphatic rings. The average molecular weight is 212 g/mol. The van der Waals surface area contributed by atoms with Gasteiger partial charge in [0.15, 0.2) is 18.6 Å². The number of carbonyl (C=O) groups is 1. The number of hydrogen-bond acceptors (Lipinski definition) is 1. The predicted octanol–water partition coefficient (Wildman–Crippen LogP) is 2.42. The lowest BCUT2D eigenvalue weighted by molar-refractivity contribution is -0.567. The Bertz CT molecular complexity index is 382. The second-order valence-corrected chi connectivity index (χ2v) is 3.05. The Kier molecular flexibility index (Phi) is 5.28. The van der Waals surface area contributed by atoms with Crippen LogP contribution in [0.5, 0.6) is 0 Å². The van der Waals surface area contributed by atoms with E-state index in [0.717, 1.165) is 0 Å². The topological polar surface area (TPSA) is 20.9 Å². The van der Waals surface area contributed by atoms with E-state index in [9.17, 15) is 0 Å². The maximum Gasteiger partial charge on any atom is 0.175 e. The van der Waals surface area contributed by atoms with Crippen LogP contribution in [0.15, 0.2) is 60.9 Å². The minimum Gasteiger partial charge on any atom is -0.307 e. The minimum atomic E-state index is 1.21. The highest BCUT2D eigenvalue weighted by Crippen LogP contribution is 1.99. The van der Waals surface area contributed by atoms with Gasteiger partial charge in [-0.2, -0.15) is 4.57 Å². The van der Waals surface area contributed by atoms with Gasteiger partial charge in [0.1, 0.15) is 6.79 Å². The summed E-state index contributed by atoms with van der Waals surface area (Å²) in [6.45, 7) is 2.00. The van der Waals surface area contributed by atoms with Crippen molar-refractivity contribution >= 4 is 19.1 Å². The maximum absolute atomic E-state index is 8.00. The molecule has 0 atom stereocenters. The van der Waals surface area contributed by atoms with Crippen LogP contribution in [0, 0.1) is 0 Å². The standard InChI is InChI=1S/C13H12N.CH2O/c1-3-7-13(8-4-1)9-12-14-10-5-2-6-11-14;1-2/h1-12H;1H2/q+1;. The van der Waals surface area contributed by atoms with Crippen LogP contribution in [-0.2, 0) is 4.79 Å². The van der Waals surface area contributed by atoms with Gasteiger partial charge in [0.05, 0.1) is 0 Å². The lowest BCUT2D eigenvalue weighted by atomic mass is 10.2. The molecule has 0 aliphatic heterocycles. The van der Waals surface area contributed by atoms with Gasteiger partial charge in [-0.3, -0.25) is 0 Å². The molecule has 2 aromatic rings. The normalized spacial score (nSPS) is 9.50. The molecule has 0 spiro atoms. The van der Waals surface area contributed by atoms with Gasteiger partial charge in [0.2, 0.25) is 0 Å². The maximum atomic E-state index is 8.00. The van der Waals surface area contributed by atoms with Crippen LogP contribution in [0.1, 0.15) is 5.56 Å². The molecule has 0 radical (unpaired) electrons. The molecule has 0 amide bonds. The lowest BCUT2D eigenvalue weighted by Gasteiger charge is -1.88. The van der Waals surface area contributed by atoms with Gasteiger partial charge in [-0.05, 0) is 5.56 Å². The number of aromatic nitrogens is 1. The third-order valence-corrected chi connectivity index (χ3v) is 1.98. The summed E-state index contributed by atoms with van der Waals surface area (Å²) in [5, 5.41) is 0. The summed E-state index contributed by atoms with van der Waals surface area (Å²) in [7, 11) is 0. The van der Waals surface area contributed by atoms with Crippen molar-refractivity contribution in [2.75, 3.05) is 0 Å². The Balaban J connectivity index is 0.000000606. The molecule has 0 unspecified atom stereocenters. The van der Waals surface area contributed by atoms with Gasteiger partial charge in [-0.25, -0.2) is 0 Å². The van der Waals surface area contributed by atoms with Gasteiger partial charge >= 0.3 is 0 Å². The van der Waals surface area contributed by atoms with Crippen molar-refractivity contribution in [3.05, 3.63) is 66.5 Å². The number of hydrogen-bond donors (Lipinski definition) is 0. The molecule has 0 aliphatic carbocycles. The number of pyridine rings is 1. The Morgan fingerprint density at radius 2 is 1.44 bits per heavy atom. The van der Waals surface area contributed by atoms with Crippen molar-refractivity contribution in [2.45, 2.75) is 0 Å². The summed E-state index contributed by atoms with van der Waals surface area (Å²) in [5.74, 6) is 0. The van der Waals surface area contributed by atoms with Crippen LogP contribution in [0.2, 0.25) is 0 Å². The molecule has 2 heteroatoms. The first-order valence-electron chi connectivity index (χ1n) is 4.93. The van der Waals surface area contributed by atoms with E-state index in [-0.39, 0.29) is 0 Å².